The van der Waals surface area contributed by atoms with Crippen LogP contribution in [-0.2, 0) is 12.8 Å². The second kappa shape index (κ2) is 7.12. The molecule has 2 aromatic carbocycles. The molecule has 19 heavy (non-hydrogen) atoms. The highest BCUT2D eigenvalue weighted by atomic mass is 79.9. The summed E-state index contributed by atoms with van der Waals surface area (Å²) in [6.45, 7) is 2.20. The van der Waals surface area contributed by atoms with Gasteiger partial charge in [-0.1, -0.05) is 65.7 Å². The van der Waals surface area contributed by atoms with E-state index in [2.05, 4.69) is 71.4 Å². The van der Waals surface area contributed by atoms with Gasteiger partial charge in [-0.15, -0.1) is 11.6 Å². The van der Waals surface area contributed by atoms with Crippen molar-refractivity contribution in [1.29, 1.82) is 0 Å². The first-order chi connectivity index (χ1) is 9.19. The van der Waals surface area contributed by atoms with Crippen molar-refractivity contribution >= 4 is 27.5 Å². The first kappa shape index (κ1) is 14.6. The zero-order chi connectivity index (χ0) is 13.7. The van der Waals surface area contributed by atoms with Crippen LogP contribution in [0, 0.1) is 0 Å². The lowest BCUT2D eigenvalue weighted by Gasteiger charge is -2.11. The minimum absolute atomic E-state index is 0.0388. The van der Waals surface area contributed by atoms with Crippen molar-refractivity contribution in [3.63, 3.8) is 0 Å². The van der Waals surface area contributed by atoms with Gasteiger partial charge in [-0.05, 0) is 41.7 Å². The largest absolute Gasteiger partial charge is 0.117 e. The van der Waals surface area contributed by atoms with Gasteiger partial charge in [-0.2, -0.15) is 0 Å². The number of hydrogen-bond acceptors (Lipinski definition) is 0. The Bertz CT molecular complexity index is 502. The molecule has 0 amide bonds. The van der Waals surface area contributed by atoms with Crippen molar-refractivity contribution in [2.45, 2.75) is 31.6 Å². The van der Waals surface area contributed by atoms with E-state index in [-0.39, 0.29) is 5.38 Å². The molecule has 0 N–H and O–H groups in total. The second-order valence-corrected chi connectivity index (χ2v) is 6.23. The second-order valence-electron chi connectivity index (χ2n) is 4.79. The molecule has 0 aliphatic carbocycles. The molecule has 0 saturated heterocycles. The Morgan fingerprint density at radius 2 is 1.53 bits per heavy atom. The van der Waals surface area contributed by atoms with E-state index in [1.165, 1.54) is 23.1 Å². The highest BCUT2D eigenvalue weighted by Gasteiger charge is 2.08. The van der Waals surface area contributed by atoms with Crippen molar-refractivity contribution in [2.75, 3.05) is 0 Å². The van der Waals surface area contributed by atoms with Crippen LogP contribution in [0.1, 0.15) is 35.4 Å². The third-order valence-corrected chi connectivity index (χ3v) is 4.14. The fraction of sp³-hybridized carbons (Fsp3) is 0.294. The molecule has 0 radical (unpaired) electrons. The molecule has 0 bridgehead atoms. The Hall–Kier alpha value is -0.790. The molecular formula is C17H18BrCl. The average molecular weight is 338 g/mol. The molecule has 100 valence electrons. The van der Waals surface area contributed by atoms with E-state index in [0.29, 0.717) is 0 Å². The first-order valence-corrected chi connectivity index (χ1v) is 7.89. The molecule has 0 aliphatic rings. The molecule has 0 nitrogen and oxygen atoms in total. The monoisotopic (exact) mass is 336 g/mol. The van der Waals surface area contributed by atoms with Crippen molar-refractivity contribution in [3.05, 3.63) is 69.7 Å². The molecule has 1 atom stereocenters. The normalized spacial score (nSPS) is 12.4. The average Bonchev–Trinajstić information content (AvgIpc) is 2.42. The first-order valence-electron chi connectivity index (χ1n) is 6.66. The van der Waals surface area contributed by atoms with Gasteiger partial charge in [0.2, 0.25) is 0 Å². The van der Waals surface area contributed by atoms with Crippen LogP contribution in [0.4, 0.5) is 0 Å². The third kappa shape index (κ3) is 4.36. The predicted molar refractivity (Wildman–Crippen MR) is 86.9 cm³/mol. The number of aryl methyl sites for hydroxylation is 1. The maximum Gasteiger partial charge on any atom is 0.0625 e. The minimum Gasteiger partial charge on any atom is -0.117 e. The van der Waals surface area contributed by atoms with Crippen LogP contribution in [0.3, 0.4) is 0 Å². The van der Waals surface area contributed by atoms with Crippen LogP contribution < -0.4 is 0 Å². The van der Waals surface area contributed by atoms with Gasteiger partial charge in [0.05, 0.1) is 5.38 Å². The quantitative estimate of drug-likeness (QED) is 0.594. The van der Waals surface area contributed by atoms with Crippen LogP contribution >= 0.6 is 27.5 Å². The van der Waals surface area contributed by atoms with Gasteiger partial charge in [-0.25, -0.2) is 0 Å². The summed E-state index contributed by atoms with van der Waals surface area (Å²) in [5, 5.41) is 0.0388. The molecule has 2 heteroatoms. The van der Waals surface area contributed by atoms with E-state index in [1.54, 1.807) is 0 Å². The number of halogens is 2. The smallest absolute Gasteiger partial charge is 0.0625 e. The standard InChI is InChI=1S/C17H18BrCl/c1-2-3-13-4-8-15(9-5-13)17(19)12-14-6-10-16(18)11-7-14/h4-11,17H,2-3,12H2,1H3. The van der Waals surface area contributed by atoms with E-state index in [0.717, 1.165) is 17.3 Å². The van der Waals surface area contributed by atoms with Crippen LogP contribution in [0.2, 0.25) is 0 Å². The number of hydrogen-bond donors (Lipinski definition) is 0. The molecule has 1 unspecified atom stereocenters. The molecule has 0 fully saturated rings. The van der Waals surface area contributed by atoms with Crippen molar-refractivity contribution in [3.8, 4) is 0 Å². The Kier molecular flexibility index (Phi) is 5.47. The fourth-order valence-electron chi connectivity index (χ4n) is 2.13. The lowest BCUT2D eigenvalue weighted by Crippen LogP contribution is -1.96. The maximum atomic E-state index is 6.50. The van der Waals surface area contributed by atoms with E-state index >= 15 is 0 Å². The number of benzene rings is 2. The number of rotatable bonds is 5. The number of alkyl halides is 1. The van der Waals surface area contributed by atoms with E-state index in [1.807, 2.05) is 0 Å². The zero-order valence-electron chi connectivity index (χ0n) is 11.1. The summed E-state index contributed by atoms with van der Waals surface area (Å²) < 4.78 is 1.10. The van der Waals surface area contributed by atoms with Crippen molar-refractivity contribution in [2.24, 2.45) is 0 Å². The minimum atomic E-state index is 0.0388. The summed E-state index contributed by atoms with van der Waals surface area (Å²) in [6.07, 6.45) is 3.18. The van der Waals surface area contributed by atoms with Gasteiger partial charge in [0.25, 0.3) is 0 Å². The molecular weight excluding hydrogens is 320 g/mol. The van der Waals surface area contributed by atoms with Crippen LogP contribution in [0.15, 0.2) is 53.0 Å². The summed E-state index contributed by atoms with van der Waals surface area (Å²) in [5.74, 6) is 0. The van der Waals surface area contributed by atoms with Crippen LogP contribution in [0.5, 0.6) is 0 Å². The predicted octanol–water partition coefficient (Wildman–Crippen LogP) is 5.92. The van der Waals surface area contributed by atoms with E-state index in [9.17, 15) is 0 Å². The van der Waals surface area contributed by atoms with Crippen LogP contribution in [0.25, 0.3) is 0 Å². The van der Waals surface area contributed by atoms with Gasteiger partial charge in [0.1, 0.15) is 0 Å². The highest BCUT2D eigenvalue weighted by molar-refractivity contribution is 9.10. The van der Waals surface area contributed by atoms with Gasteiger partial charge in [-0.3, -0.25) is 0 Å². The van der Waals surface area contributed by atoms with E-state index < -0.39 is 0 Å². The molecule has 0 aliphatic heterocycles. The fourth-order valence-corrected chi connectivity index (χ4v) is 2.72. The Morgan fingerprint density at radius 1 is 0.947 bits per heavy atom. The summed E-state index contributed by atoms with van der Waals surface area (Å²) in [5.41, 5.74) is 3.85. The summed E-state index contributed by atoms with van der Waals surface area (Å²) in [6, 6.07) is 17.0. The van der Waals surface area contributed by atoms with Crippen molar-refractivity contribution < 1.29 is 0 Å². The Labute approximate surface area is 128 Å². The molecule has 2 aromatic rings. The summed E-state index contributed by atoms with van der Waals surface area (Å²) >= 11 is 9.94. The zero-order valence-corrected chi connectivity index (χ0v) is 13.4. The highest BCUT2D eigenvalue weighted by Crippen LogP contribution is 2.26. The molecule has 0 aromatic heterocycles. The Morgan fingerprint density at radius 3 is 2.11 bits per heavy atom. The Balaban J connectivity index is 2.02. The van der Waals surface area contributed by atoms with Gasteiger partial charge in [0, 0.05) is 4.47 Å². The van der Waals surface area contributed by atoms with Gasteiger partial charge < -0.3 is 0 Å². The molecule has 0 heterocycles. The van der Waals surface area contributed by atoms with E-state index in [4.69, 9.17) is 11.6 Å². The maximum absolute atomic E-state index is 6.50. The lowest BCUT2D eigenvalue weighted by molar-refractivity contribution is 0.902. The molecule has 0 spiro atoms. The van der Waals surface area contributed by atoms with Gasteiger partial charge in [0.15, 0.2) is 0 Å². The molecule has 2 rings (SSSR count). The van der Waals surface area contributed by atoms with Crippen molar-refractivity contribution in [1.82, 2.24) is 0 Å². The topological polar surface area (TPSA) is 0 Å². The summed E-state index contributed by atoms with van der Waals surface area (Å²) in [7, 11) is 0. The third-order valence-electron chi connectivity index (χ3n) is 3.21. The van der Waals surface area contributed by atoms with Gasteiger partial charge >= 0.3 is 0 Å². The molecule has 0 saturated carbocycles. The van der Waals surface area contributed by atoms with Crippen LogP contribution in [-0.4, -0.2) is 0 Å². The SMILES string of the molecule is CCCc1ccc(C(Cl)Cc2ccc(Br)cc2)cc1. The summed E-state index contributed by atoms with van der Waals surface area (Å²) in [4.78, 5) is 0. The lowest BCUT2D eigenvalue weighted by atomic mass is 10.0.